The Bertz CT molecular complexity index is 848. The minimum absolute atomic E-state index is 0.0405. The van der Waals surface area contributed by atoms with E-state index in [0.717, 1.165) is 38.5 Å². The average Bonchev–Trinajstić information content (AvgIpc) is 3.16. The summed E-state index contributed by atoms with van der Waals surface area (Å²) >= 11 is 0. The number of carbonyl (C=O) groups excluding carboxylic acids is 1. The number of carbonyl (C=O) groups is 1. The number of hydrogen-bond acceptors (Lipinski definition) is 4. The highest BCUT2D eigenvalue weighted by atomic mass is 19.4. The standard InChI is InChI=1S/C22H28F3N3O3/c1-16-7-8-19(31-16)21(30,22(23,24)25)11-12-26-20(29)27-18-9-13-28(14-10-18)15-17-5-3-2-4-6-17/h2-8,18,30H,9-15H2,1H3,(H2,26,27,29). The van der Waals surface area contributed by atoms with Gasteiger partial charge in [-0.25, -0.2) is 4.79 Å². The van der Waals surface area contributed by atoms with Gasteiger partial charge in [0.15, 0.2) is 0 Å². The maximum Gasteiger partial charge on any atom is 0.424 e. The van der Waals surface area contributed by atoms with Gasteiger partial charge in [-0.15, -0.1) is 0 Å². The minimum atomic E-state index is -4.93. The van der Waals surface area contributed by atoms with Crippen LogP contribution in [0.15, 0.2) is 46.9 Å². The van der Waals surface area contributed by atoms with Crippen LogP contribution < -0.4 is 10.6 Å². The average molecular weight is 439 g/mol. The lowest BCUT2D eigenvalue weighted by atomic mass is 9.96. The molecule has 3 N–H and O–H groups in total. The van der Waals surface area contributed by atoms with E-state index in [1.165, 1.54) is 18.6 Å². The first-order valence-electron chi connectivity index (χ1n) is 10.3. The number of aryl methyl sites for hydroxylation is 1. The van der Waals surface area contributed by atoms with Crippen molar-refractivity contribution in [3.8, 4) is 0 Å². The number of nitrogens with zero attached hydrogens (tertiary/aromatic N) is 1. The molecule has 0 saturated carbocycles. The monoisotopic (exact) mass is 439 g/mol. The smallest absolute Gasteiger partial charge is 0.424 e. The number of alkyl halides is 3. The summed E-state index contributed by atoms with van der Waals surface area (Å²) < 4.78 is 45.3. The third-order valence-corrected chi connectivity index (χ3v) is 5.56. The van der Waals surface area contributed by atoms with E-state index in [-0.39, 0.29) is 18.3 Å². The second-order valence-corrected chi connectivity index (χ2v) is 7.95. The second-order valence-electron chi connectivity index (χ2n) is 7.95. The van der Waals surface area contributed by atoms with Gasteiger partial charge in [0.25, 0.3) is 0 Å². The van der Waals surface area contributed by atoms with Crippen LogP contribution in [0, 0.1) is 6.92 Å². The van der Waals surface area contributed by atoms with Crippen LogP contribution in [0.5, 0.6) is 0 Å². The Morgan fingerprint density at radius 1 is 1.16 bits per heavy atom. The molecule has 1 unspecified atom stereocenters. The molecule has 1 aliphatic heterocycles. The van der Waals surface area contributed by atoms with E-state index in [0.29, 0.717) is 0 Å². The van der Waals surface area contributed by atoms with Crippen molar-refractivity contribution in [1.29, 1.82) is 0 Å². The Labute approximate surface area is 179 Å². The summed E-state index contributed by atoms with van der Waals surface area (Å²) in [5, 5.41) is 15.5. The van der Waals surface area contributed by atoms with Crippen molar-refractivity contribution in [3.63, 3.8) is 0 Å². The van der Waals surface area contributed by atoms with Gasteiger partial charge >= 0.3 is 12.2 Å². The Morgan fingerprint density at radius 3 is 2.42 bits per heavy atom. The van der Waals surface area contributed by atoms with E-state index in [1.807, 2.05) is 18.2 Å². The molecule has 2 heterocycles. The molecule has 170 valence electrons. The van der Waals surface area contributed by atoms with E-state index >= 15 is 0 Å². The Morgan fingerprint density at radius 2 is 1.84 bits per heavy atom. The summed E-state index contributed by atoms with van der Waals surface area (Å²) in [6, 6.07) is 12.0. The highest BCUT2D eigenvalue weighted by Gasteiger charge is 2.56. The number of likely N-dealkylation sites (tertiary alicyclic amines) is 1. The van der Waals surface area contributed by atoms with Gasteiger partial charge in [0.2, 0.25) is 5.60 Å². The van der Waals surface area contributed by atoms with Crippen molar-refractivity contribution in [2.75, 3.05) is 19.6 Å². The lowest BCUT2D eigenvalue weighted by molar-refractivity contribution is -0.274. The van der Waals surface area contributed by atoms with Gasteiger partial charge in [-0.05, 0) is 37.5 Å². The molecule has 31 heavy (non-hydrogen) atoms. The number of furan rings is 1. The van der Waals surface area contributed by atoms with Crippen LogP contribution in [-0.4, -0.2) is 47.9 Å². The van der Waals surface area contributed by atoms with E-state index in [4.69, 9.17) is 4.42 Å². The second kappa shape index (κ2) is 9.74. The van der Waals surface area contributed by atoms with E-state index < -0.39 is 30.0 Å². The molecule has 1 saturated heterocycles. The van der Waals surface area contributed by atoms with Crippen molar-refractivity contribution in [1.82, 2.24) is 15.5 Å². The van der Waals surface area contributed by atoms with Crippen molar-refractivity contribution < 1.29 is 27.5 Å². The molecule has 0 spiro atoms. The van der Waals surface area contributed by atoms with Gasteiger partial charge in [-0.2, -0.15) is 13.2 Å². The Kier molecular flexibility index (Phi) is 7.27. The van der Waals surface area contributed by atoms with Crippen LogP contribution in [0.4, 0.5) is 18.0 Å². The van der Waals surface area contributed by atoms with E-state index in [9.17, 15) is 23.1 Å². The number of benzene rings is 1. The van der Waals surface area contributed by atoms with E-state index in [1.54, 1.807) is 0 Å². The predicted octanol–water partition coefficient (Wildman–Crippen LogP) is 3.69. The number of amides is 2. The minimum Gasteiger partial charge on any atom is -0.463 e. The molecule has 9 heteroatoms. The van der Waals surface area contributed by atoms with Gasteiger partial charge in [-0.1, -0.05) is 30.3 Å². The zero-order chi connectivity index (χ0) is 22.5. The number of halogens is 3. The van der Waals surface area contributed by atoms with Crippen LogP contribution in [0.2, 0.25) is 0 Å². The highest BCUT2D eigenvalue weighted by Crippen LogP contribution is 2.42. The van der Waals surface area contributed by atoms with Crippen molar-refractivity contribution in [2.24, 2.45) is 0 Å². The third kappa shape index (κ3) is 6.01. The van der Waals surface area contributed by atoms with Gasteiger partial charge in [0, 0.05) is 38.6 Å². The zero-order valence-electron chi connectivity index (χ0n) is 17.4. The summed E-state index contributed by atoms with van der Waals surface area (Å²) in [4.78, 5) is 14.4. The molecule has 0 radical (unpaired) electrons. The number of nitrogens with one attached hydrogen (secondary N) is 2. The number of aliphatic hydroxyl groups is 1. The maximum atomic E-state index is 13.4. The summed E-state index contributed by atoms with van der Waals surface area (Å²) in [6.45, 7) is 3.64. The number of hydrogen-bond donors (Lipinski definition) is 3. The quantitative estimate of drug-likeness (QED) is 0.615. The van der Waals surface area contributed by atoms with Crippen molar-refractivity contribution >= 4 is 6.03 Å². The van der Waals surface area contributed by atoms with Crippen molar-refractivity contribution in [2.45, 2.75) is 50.6 Å². The SMILES string of the molecule is Cc1ccc(C(O)(CCNC(=O)NC2CCN(Cc3ccccc3)CC2)C(F)(F)F)o1. The van der Waals surface area contributed by atoms with Crippen LogP contribution in [0.25, 0.3) is 0 Å². The molecule has 1 aliphatic rings. The van der Waals surface area contributed by atoms with Crippen molar-refractivity contribution in [3.05, 3.63) is 59.5 Å². The highest BCUT2D eigenvalue weighted by molar-refractivity contribution is 5.74. The number of rotatable bonds is 7. The molecule has 2 amide bonds. The molecule has 1 aromatic heterocycles. The first-order chi connectivity index (χ1) is 14.7. The van der Waals surface area contributed by atoms with Gasteiger partial charge in [-0.3, -0.25) is 4.90 Å². The zero-order valence-corrected chi connectivity index (χ0v) is 17.4. The fourth-order valence-corrected chi connectivity index (χ4v) is 3.73. The molecule has 1 fully saturated rings. The fraction of sp³-hybridized carbons (Fsp3) is 0.500. The lowest BCUT2D eigenvalue weighted by Crippen LogP contribution is -2.49. The van der Waals surface area contributed by atoms with Crippen LogP contribution in [-0.2, 0) is 12.1 Å². The first-order valence-corrected chi connectivity index (χ1v) is 10.3. The third-order valence-electron chi connectivity index (χ3n) is 5.56. The van der Waals surface area contributed by atoms with E-state index in [2.05, 4.69) is 27.7 Å². The van der Waals surface area contributed by atoms with Crippen LogP contribution in [0.1, 0.15) is 36.3 Å². The lowest BCUT2D eigenvalue weighted by Gasteiger charge is -2.32. The normalized spacial score (nSPS) is 17.8. The molecule has 1 atom stereocenters. The topological polar surface area (TPSA) is 77.7 Å². The number of piperidine rings is 1. The molecule has 6 nitrogen and oxygen atoms in total. The maximum absolute atomic E-state index is 13.4. The Balaban J connectivity index is 1.43. The van der Waals surface area contributed by atoms with Gasteiger partial charge in [0.05, 0.1) is 0 Å². The predicted molar refractivity (Wildman–Crippen MR) is 109 cm³/mol. The van der Waals surface area contributed by atoms with Gasteiger partial charge < -0.3 is 20.2 Å². The Hall–Kier alpha value is -2.52. The van der Waals surface area contributed by atoms with Crippen LogP contribution >= 0.6 is 0 Å². The number of urea groups is 1. The van der Waals surface area contributed by atoms with Crippen LogP contribution in [0.3, 0.4) is 0 Å². The molecule has 3 rings (SSSR count). The molecular formula is C22H28F3N3O3. The summed E-state index contributed by atoms with van der Waals surface area (Å²) in [6.07, 6.45) is -4.15. The summed E-state index contributed by atoms with van der Waals surface area (Å²) in [5.41, 5.74) is -1.92. The largest absolute Gasteiger partial charge is 0.463 e. The molecule has 1 aromatic carbocycles. The summed E-state index contributed by atoms with van der Waals surface area (Å²) in [7, 11) is 0. The molecule has 2 aromatic rings. The molecule has 0 bridgehead atoms. The van der Waals surface area contributed by atoms with Gasteiger partial charge in [0.1, 0.15) is 11.5 Å². The first kappa shape index (κ1) is 23.1. The molecular weight excluding hydrogens is 411 g/mol. The summed E-state index contributed by atoms with van der Waals surface area (Å²) in [5.74, 6) is -0.313. The molecule has 0 aliphatic carbocycles. The fourth-order valence-electron chi connectivity index (χ4n) is 3.73.